The zero-order valence-corrected chi connectivity index (χ0v) is 18.4. The molecule has 0 spiro atoms. The minimum absolute atomic E-state index is 0.207. The average molecular weight is 460 g/mol. The maximum Gasteiger partial charge on any atom is 0.287 e. The van der Waals surface area contributed by atoms with Gasteiger partial charge in [-0.3, -0.25) is 4.79 Å². The predicted molar refractivity (Wildman–Crippen MR) is 115 cm³/mol. The molecule has 1 heterocycles. The Morgan fingerprint density at radius 2 is 1.89 bits per heavy atom. The smallest absolute Gasteiger partial charge is 0.287 e. The first-order valence-corrected chi connectivity index (χ1v) is 10.5. The monoisotopic (exact) mass is 459 g/mol. The molecule has 0 saturated carbocycles. The van der Waals surface area contributed by atoms with Gasteiger partial charge in [0.25, 0.3) is 5.91 Å². The molecule has 0 aliphatic rings. The molecule has 146 valence electrons. The van der Waals surface area contributed by atoms with Gasteiger partial charge in [-0.15, -0.1) is 0 Å². The standard InChI is InChI=1S/C22H22BrNO3S/c1-14-5-4-6-15(2)21(14)28-20-10-9-19(27-20)22(25)24-12-11-16-7-8-18(26-3)17(23)13-16/h4-10,13H,11-12H2,1-3H3,(H,24,25). The van der Waals surface area contributed by atoms with E-state index in [9.17, 15) is 4.79 Å². The van der Waals surface area contributed by atoms with Crippen LogP contribution in [0, 0.1) is 13.8 Å². The van der Waals surface area contributed by atoms with E-state index in [-0.39, 0.29) is 5.91 Å². The van der Waals surface area contributed by atoms with Gasteiger partial charge in [-0.1, -0.05) is 36.0 Å². The molecular formula is C22H22BrNO3S. The third-order valence-electron chi connectivity index (χ3n) is 4.33. The van der Waals surface area contributed by atoms with Crippen molar-refractivity contribution >= 4 is 33.6 Å². The summed E-state index contributed by atoms with van der Waals surface area (Å²) in [5.74, 6) is 0.905. The highest BCUT2D eigenvalue weighted by Gasteiger charge is 2.13. The van der Waals surface area contributed by atoms with E-state index >= 15 is 0 Å². The Morgan fingerprint density at radius 1 is 1.14 bits per heavy atom. The second-order valence-corrected chi connectivity index (χ2v) is 8.29. The molecule has 3 aromatic rings. The first-order valence-electron chi connectivity index (χ1n) is 8.92. The van der Waals surface area contributed by atoms with Crippen LogP contribution in [0.1, 0.15) is 27.2 Å². The number of rotatable bonds is 7. The van der Waals surface area contributed by atoms with E-state index in [0.29, 0.717) is 17.4 Å². The van der Waals surface area contributed by atoms with Crippen LogP contribution >= 0.6 is 27.7 Å². The lowest BCUT2D eigenvalue weighted by Gasteiger charge is -2.07. The fourth-order valence-electron chi connectivity index (χ4n) is 2.83. The summed E-state index contributed by atoms with van der Waals surface area (Å²) in [6.07, 6.45) is 0.721. The summed E-state index contributed by atoms with van der Waals surface area (Å²) in [6.45, 7) is 4.67. The lowest BCUT2D eigenvalue weighted by Crippen LogP contribution is -2.25. The van der Waals surface area contributed by atoms with Crippen LogP contribution in [0.4, 0.5) is 0 Å². The Balaban J connectivity index is 1.56. The molecule has 0 atom stereocenters. The Kier molecular flexibility index (Phi) is 6.86. The zero-order chi connectivity index (χ0) is 20.1. The molecule has 0 fully saturated rings. The molecule has 1 N–H and O–H groups in total. The lowest BCUT2D eigenvalue weighted by atomic mass is 10.1. The van der Waals surface area contributed by atoms with Gasteiger partial charge in [-0.2, -0.15) is 0 Å². The molecule has 4 nitrogen and oxygen atoms in total. The number of methoxy groups -OCH3 is 1. The quantitative estimate of drug-likeness (QED) is 0.485. The highest BCUT2D eigenvalue weighted by molar-refractivity contribution is 9.10. The van der Waals surface area contributed by atoms with Crippen molar-refractivity contribution < 1.29 is 13.9 Å². The number of carbonyl (C=O) groups is 1. The van der Waals surface area contributed by atoms with Crippen molar-refractivity contribution in [3.8, 4) is 5.75 Å². The van der Waals surface area contributed by atoms with Crippen molar-refractivity contribution in [2.24, 2.45) is 0 Å². The number of ether oxygens (including phenoxy) is 1. The van der Waals surface area contributed by atoms with Crippen LogP contribution < -0.4 is 10.1 Å². The minimum atomic E-state index is -0.207. The molecule has 0 aliphatic carbocycles. The van der Waals surface area contributed by atoms with E-state index in [1.165, 1.54) is 11.1 Å². The van der Waals surface area contributed by atoms with Gasteiger partial charge in [0.1, 0.15) is 5.75 Å². The Bertz CT molecular complexity index is 963. The van der Waals surface area contributed by atoms with Gasteiger partial charge in [-0.25, -0.2) is 0 Å². The van der Waals surface area contributed by atoms with Gasteiger partial charge < -0.3 is 14.5 Å². The fraction of sp³-hybridized carbons (Fsp3) is 0.227. The summed E-state index contributed by atoms with van der Waals surface area (Å²) < 4.78 is 11.9. The Morgan fingerprint density at radius 3 is 2.57 bits per heavy atom. The van der Waals surface area contributed by atoms with Crippen molar-refractivity contribution in [1.29, 1.82) is 0 Å². The molecule has 6 heteroatoms. The van der Waals surface area contributed by atoms with E-state index < -0.39 is 0 Å². The van der Waals surface area contributed by atoms with Crippen molar-refractivity contribution in [3.05, 3.63) is 75.5 Å². The summed E-state index contributed by atoms with van der Waals surface area (Å²) in [5.41, 5.74) is 3.50. The van der Waals surface area contributed by atoms with Crippen molar-refractivity contribution in [2.75, 3.05) is 13.7 Å². The topological polar surface area (TPSA) is 51.5 Å². The summed E-state index contributed by atoms with van der Waals surface area (Å²) in [5, 5.41) is 3.62. The molecular weight excluding hydrogens is 438 g/mol. The van der Waals surface area contributed by atoms with Gasteiger partial charge in [0, 0.05) is 11.4 Å². The molecule has 0 radical (unpaired) electrons. The number of aryl methyl sites for hydroxylation is 2. The maximum atomic E-state index is 12.4. The molecule has 0 unspecified atom stereocenters. The van der Waals surface area contributed by atoms with Gasteiger partial charge in [0.15, 0.2) is 10.9 Å². The highest BCUT2D eigenvalue weighted by atomic mass is 79.9. The molecule has 28 heavy (non-hydrogen) atoms. The van der Waals surface area contributed by atoms with E-state index in [4.69, 9.17) is 9.15 Å². The molecule has 0 bridgehead atoms. The second kappa shape index (κ2) is 9.34. The molecule has 3 rings (SSSR count). The van der Waals surface area contributed by atoms with Crippen LogP contribution in [0.3, 0.4) is 0 Å². The summed E-state index contributed by atoms with van der Waals surface area (Å²) >= 11 is 5.02. The third kappa shape index (κ3) is 5.00. The molecule has 0 aliphatic heterocycles. The third-order valence-corrected chi connectivity index (χ3v) is 6.22. The molecule has 2 aromatic carbocycles. The van der Waals surface area contributed by atoms with Crippen molar-refractivity contribution in [3.63, 3.8) is 0 Å². The van der Waals surface area contributed by atoms with Crippen LogP contribution in [-0.4, -0.2) is 19.6 Å². The first-order chi connectivity index (χ1) is 13.5. The first kappa shape index (κ1) is 20.6. The summed E-state index contributed by atoms with van der Waals surface area (Å²) in [6, 6.07) is 15.6. The number of halogens is 1. The number of benzene rings is 2. The van der Waals surface area contributed by atoms with Crippen LogP contribution in [0.15, 0.2) is 67.4 Å². The average Bonchev–Trinajstić information content (AvgIpc) is 3.14. The second-order valence-electron chi connectivity index (χ2n) is 6.42. The predicted octanol–water partition coefficient (Wildman–Crippen LogP) is 5.79. The van der Waals surface area contributed by atoms with Crippen LogP contribution in [0.2, 0.25) is 0 Å². The maximum absolute atomic E-state index is 12.4. The van der Waals surface area contributed by atoms with E-state index in [1.54, 1.807) is 24.9 Å². The van der Waals surface area contributed by atoms with Gasteiger partial charge in [0.05, 0.1) is 11.6 Å². The van der Waals surface area contributed by atoms with Crippen molar-refractivity contribution in [2.45, 2.75) is 30.3 Å². The summed E-state index contributed by atoms with van der Waals surface area (Å²) in [4.78, 5) is 13.5. The minimum Gasteiger partial charge on any atom is -0.496 e. The number of nitrogens with one attached hydrogen (secondary N) is 1. The largest absolute Gasteiger partial charge is 0.496 e. The number of hydrogen-bond donors (Lipinski definition) is 1. The summed E-state index contributed by atoms with van der Waals surface area (Å²) in [7, 11) is 1.64. The van der Waals surface area contributed by atoms with E-state index in [0.717, 1.165) is 27.1 Å². The van der Waals surface area contributed by atoms with Gasteiger partial charge in [0.2, 0.25) is 0 Å². The number of amides is 1. The van der Waals surface area contributed by atoms with Crippen molar-refractivity contribution in [1.82, 2.24) is 5.32 Å². The van der Waals surface area contributed by atoms with Gasteiger partial charge in [-0.05, 0) is 77.2 Å². The number of hydrogen-bond acceptors (Lipinski definition) is 4. The highest BCUT2D eigenvalue weighted by Crippen LogP contribution is 2.34. The Hall–Kier alpha value is -2.18. The van der Waals surface area contributed by atoms with Crippen LogP contribution in [0.5, 0.6) is 5.75 Å². The lowest BCUT2D eigenvalue weighted by molar-refractivity contribution is 0.0921. The SMILES string of the molecule is COc1ccc(CCNC(=O)c2ccc(Sc3c(C)cccc3C)o2)cc1Br. The molecule has 0 saturated heterocycles. The Labute approximate surface area is 177 Å². The zero-order valence-electron chi connectivity index (χ0n) is 16.0. The number of carbonyl (C=O) groups excluding carboxylic acids is 1. The van der Waals surface area contributed by atoms with E-state index in [2.05, 4.69) is 47.2 Å². The normalized spacial score (nSPS) is 10.7. The van der Waals surface area contributed by atoms with Crippen LogP contribution in [-0.2, 0) is 6.42 Å². The number of furan rings is 1. The molecule has 1 aromatic heterocycles. The molecule has 1 amide bonds. The van der Waals surface area contributed by atoms with Crippen LogP contribution in [0.25, 0.3) is 0 Å². The van der Waals surface area contributed by atoms with E-state index in [1.807, 2.05) is 30.3 Å². The fourth-order valence-corrected chi connectivity index (χ4v) is 4.35. The van der Waals surface area contributed by atoms with Gasteiger partial charge >= 0.3 is 0 Å².